The molecule has 108 valence electrons. The third-order valence-electron chi connectivity index (χ3n) is 3.29. The van der Waals surface area contributed by atoms with Crippen molar-refractivity contribution < 1.29 is 9.15 Å². The molecule has 0 spiro atoms. The minimum atomic E-state index is -0.0666. The van der Waals surface area contributed by atoms with Crippen molar-refractivity contribution in [2.75, 3.05) is 13.7 Å². The third kappa shape index (κ3) is 3.00. The van der Waals surface area contributed by atoms with E-state index in [9.17, 15) is 0 Å². The fourth-order valence-electron chi connectivity index (χ4n) is 2.51. The molecule has 0 saturated carbocycles. The van der Waals surface area contributed by atoms with Gasteiger partial charge in [-0.1, -0.05) is 13.0 Å². The summed E-state index contributed by atoms with van der Waals surface area (Å²) < 4.78 is 11.1. The van der Waals surface area contributed by atoms with E-state index in [-0.39, 0.29) is 6.04 Å². The SMILES string of the molecule is CCNC(c1ccc(Cl)o1)c1c(C)cc(C)cc1OC. The monoisotopic (exact) mass is 293 g/mol. The van der Waals surface area contributed by atoms with Crippen molar-refractivity contribution in [3.63, 3.8) is 0 Å². The molecule has 20 heavy (non-hydrogen) atoms. The van der Waals surface area contributed by atoms with Crippen LogP contribution in [0.4, 0.5) is 0 Å². The fraction of sp³-hybridized carbons (Fsp3) is 0.375. The molecule has 0 aliphatic rings. The lowest BCUT2D eigenvalue weighted by Crippen LogP contribution is -2.23. The molecule has 0 fully saturated rings. The summed E-state index contributed by atoms with van der Waals surface area (Å²) in [6, 6.07) is 7.78. The van der Waals surface area contributed by atoms with E-state index in [4.69, 9.17) is 20.8 Å². The number of halogens is 1. The maximum absolute atomic E-state index is 5.91. The molecule has 0 bridgehead atoms. The summed E-state index contributed by atoms with van der Waals surface area (Å²) in [6.45, 7) is 7.03. The van der Waals surface area contributed by atoms with Crippen LogP contribution >= 0.6 is 11.6 Å². The molecule has 2 rings (SSSR count). The van der Waals surface area contributed by atoms with E-state index < -0.39 is 0 Å². The Morgan fingerprint density at radius 3 is 2.60 bits per heavy atom. The number of ether oxygens (including phenoxy) is 1. The molecule has 1 heterocycles. The van der Waals surface area contributed by atoms with Gasteiger partial charge in [-0.05, 0) is 61.3 Å². The highest BCUT2D eigenvalue weighted by Crippen LogP contribution is 2.35. The first kappa shape index (κ1) is 14.9. The Balaban J connectivity index is 2.54. The molecule has 1 unspecified atom stereocenters. The molecule has 1 aromatic carbocycles. The van der Waals surface area contributed by atoms with Gasteiger partial charge in [0.05, 0.1) is 13.2 Å². The van der Waals surface area contributed by atoms with Crippen molar-refractivity contribution in [1.82, 2.24) is 5.32 Å². The molecule has 4 heteroatoms. The van der Waals surface area contributed by atoms with Crippen LogP contribution in [0.3, 0.4) is 0 Å². The van der Waals surface area contributed by atoms with E-state index in [2.05, 4.69) is 32.2 Å². The van der Waals surface area contributed by atoms with Crippen LogP contribution < -0.4 is 10.1 Å². The van der Waals surface area contributed by atoms with Gasteiger partial charge >= 0.3 is 0 Å². The lowest BCUT2D eigenvalue weighted by atomic mass is 9.96. The second-order valence-electron chi connectivity index (χ2n) is 4.83. The van der Waals surface area contributed by atoms with Gasteiger partial charge in [-0.3, -0.25) is 0 Å². The Morgan fingerprint density at radius 1 is 1.30 bits per heavy atom. The molecular formula is C16H20ClNO2. The summed E-state index contributed by atoms with van der Waals surface area (Å²) >= 11 is 5.91. The van der Waals surface area contributed by atoms with Gasteiger partial charge in [-0.2, -0.15) is 0 Å². The average Bonchev–Trinajstić information content (AvgIpc) is 2.82. The van der Waals surface area contributed by atoms with Gasteiger partial charge in [0, 0.05) is 5.56 Å². The van der Waals surface area contributed by atoms with Gasteiger partial charge in [0.1, 0.15) is 11.5 Å². The Hall–Kier alpha value is -1.45. The van der Waals surface area contributed by atoms with Crippen LogP contribution in [0.25, 0.3) is 0 Å². The number of methoxy groups -OCH3 is 1. The molecule has 0 aliphatic carbocycles. The molecule has 1 aromatic heterocycles. The Morgan fingerprint density at radius 2 is 2.05 bits per heavy atom. The summed E-state index contributed by atoms with van der Waals surface area (Å²) in [5.41, 5.74) is 3.43. The second kappa shape index (κ2) is 6.33. The van der Waals surface area contributed by atoms with Gasteiger partial charge in [0.2, 0.25) is 0 Å². The predicted molar refractivity (Wildman–Crippen MR) is 81.7 cm³/mol. The van der Waals surface area contributed by atoms with Crippen molar-refractivity contribution in [2.24, 2.45) is 0 Å². The molecule has 2 aromatic rings. The van der Waals surface area contributed by atoms with E-state index in [0.717, 1.165) is 23.6 Å². The first-order valence-electron chi connectivity index (χ1n) is 6.70. The number of rotatable bonds is 5. The van der Waals surface area contributed by atoms with Crippen molar-refractivity contribution in [3.05, 3.63) is 51.9 Å². The molecule has 1 N–H and O–H groups in total. The third-order valence-corrected chi connectivity index (χ3v) is 3.49. The highest BCUT2D eigenvalue weighted by Gasteiger charge is 2.23. The Kier molecular flexibility index (Phi) is 4.73. The molecular weight excluding hydrogens is 274 g/mol. The number of hydrogen-bond acceptors (Lipinski definition) is 3. The van der Waals surface area contributed by atoms with Crippen LogP contribution in [0, 0.1) is 13.8 Å². The van der Waals surface area contributed by atoms with Gasteiger partial charge < -0.3 is 14.5 Å². The summed E-state index contributed by atoms with van der Waals surface area (Å²) in [4.78, 5) is 0. The van der Waals surface area contributed by atoms with E-state index in [1.54, 1.807) is 13.2 Å². The zero-order valence-electron chi connectivity index (χ0n) is 12.3. The smallest absolute Gasteiger partial charge is 0.193 e. The van der Waals surface area contributed by atoms with Crippen LogP contribution in [0.1, 0.15) is 35.4 Å². The molecule has 0 saturated heterocycles. The molecule has 0 aliphatic heterocycles. The summed E-state index contributed by atoms with van der Waals surface area (Å²) in [7, 11) is 1.69. The largest absolute Gasteiger partial charge is 0.496 e. The topological polar surface area (TPSA) is 34.4 Å². The van der Waals surface area contributed by atoms with Crippen LogP contribution in [0.15, 0.2) is 28.7 Å². The lowest BCUT2D eigenvalue weighted by Gasteiger charge is -2.21. The van der Waals surface area contributed by atoms with Gasteiger partial charge in [0.15, 0.2) is 5.22 Å². The number of aryl methyl sites for hydroxylation is 2. The van der Waals surface area contributed by atoms with Crippen molar-refractivity contribution in [2.45, 2.75) is 26.8 Å². The van der Waals surface area contributed by atoms with E-state index in [1.807, 2.05) is 12.1 Å². The minimum absolute atomic E-state index is 0.0666. The molecule has 0 radical (unpaired) electrons. The van der Waals surface area contributed by atoms with Gasteiger partial charge in [-0.15, -0.1) is 0 Å². The van der Waals surface area contributed by atoms with Gasteiger partial charge in [0.25, 0.3) is 0 Å². The first-order chi connectivity index (χ1) is 9.56. The number of nitrogens with one attached hydrogen (secondary N) is 1. The van der Waals surface area contributed by atoms with Crippen LogP contribution in [-0.2, 0) is 0 Å². The predicted octanol–water partition coefficient (Wildman–Crippen LogP) is 4.26. The zero-order chi connectivity index (χ0) is 14.7. The number of benzene rings is 1. The first-order valence-corrected chi connectivity index (χ1v) is 7.08. The van der Waals surface area contributed by atoms with Crippen LogP contribution in [0.2, 0.25) is 5.22 Å². The van der Waals surface area contributed by atoms with Crippen molar-refractivity contribution in [3.8, 4) is 5.75 Å². The summed E-state index contributed by atoms with van der Waals surface area (Å²) in [6.07, 6.45) is 0. The lowest BCUT2D eigenvalue weighted by molar-refractivity contribution is 0.393. The van der Waals surface area contributed by atoms with Crippen LogP contribution in [0.5, 0.6) is 5.75 Å². The standard InChI is InChI=1S/C16H20ClNO2/c1-5-18-16(12-6-7-14(17)20-12)15-11(3)8-10(2)9-13(15)19-4/h6-9,16,18H,5H2,1-4H3. The maximum atomic E-state index is 5.91. The van der Waals surface area contributed by atoms with E-state index in [0.29, 0.717) is 5.22 Å². The number of furan rings is 1. The second-order valence-corrected chi connectivity index (χ2v) is 5.20. The Bertz CT molecular complexity index is 592. The summed E-state index contributed by atoms with van der Waals surface area (Å²) in [5.74, 6) is 1.66. The quantitative estimate of drug-likeness (QED) is 0.894. The molecule has 3 nitrogen and oxygen atoms in total. The fourth-order valence-corrected chi connectivity index (χ4v) is 2.66. The van der Waals surface area contributed by atoms with E-state index >= 15 is 0 Å². The zero-order valence-corrected chi connectivity index (χ0v) is 13.0. The highest BCUT2D eigenvalue weighted by molar-refractivity contribution is 6.28. The van der Waals surface area contributed by atoms with Crippen molar-refractivity contribution >= 4 is 11.6 Å². The normalized spacial score (nSPS) is 12.4. The highest BCUT2D eigenvalue weighted by atomic mass is 35.5. The molecule has 1 atom stereocenters. The van der Waals surface area contributed by atoms with Gasteiger partial charge in [-0.25, -0.2) is 0 Å². The molecule has 0 amide bonds. The maximum Gasteiger partial charge on any atom is 0.193 e. The minimum Gasteiger partial charge on any atom is -0.496 e. The van der Waals surface area contributed by atoms with Crippen LogP contribution in [-0.4, -0.2) is 13.7 Å². The van der Waals surface area contributed by atoms with Crippen molar-refractivity contribution in [1.29, 1.82) is 0 Å². The average molecular weight is 294 g/mol. The number of hydrogen-bond donors (Lipinski definition) is 1. The summed E-state index contributed by atoms with van der Waals surface area (Å²) in [5, 5.41) is 3.83. The van der Waals surface area contributed by atoms with E-state index in [1.165, 1.54) is 11.1 Å². The Labute approximate surface area is 124 Å².